The zero-order valence-corrected chi connectivity index (χ0v) is 14.6. The van der Waals surface area contributed by atoms with Crippen LogP contribution in [0.5, 0.6) is 0 Å². The van der Waals surface area contributed by atoms with Crippen molar-refractivity contribution >= 4 is 23.5 Å². The number of carbonyl (C=O) groups is 4. The van der Waals surface area contributed by atoms with Crippen molar-refractivity contribution in [3.63, 3.8) is 0 Å². The van der Waals surface area contributed by atoms with Gasteiger partial charge in [-0.1, -0.05) is 0 Å². The molecule has 0 aliphatic rings. The Labute approximate surface area is 146 Å². The summed E-state index contributed by atoms with van der Waals surface area (Å²) in [6, 6.07) is -1.17. The Morgan fingerprint density at radius 3 is 1.76 bits per heavy atom. The molecule has 9 nitrogen and oxygen atoms in total. The predicted octanol–water partition coefficient (Wildman–Crippen LogP) is -0.750. The lowest BCUT2D eigenvalue weighted by atomic mass is 10.1. The first-order valence-electron chi connectivity index (χ1n) is 8.10. The highest BCUT2D eigenvalue weighted by Gasteiger charge is 2.20. The van der Waals surface area contributed by atoms with Gasteiger partial charge in [0.2, 0.25) is 0 Å². The molecule has 0 bridgehead atoms. The molecule has 0 spiro atoms. The van der Waals surface area contributed by atoms with Crippen LogP contribution in [-0.2, 0) is 28.7 Å². The third kappa shape index (κ3) is 11.4. The van der Waals surface area contributed by atoms with Crippen molar-refractivity contribution in [3.8, 4) is 0 Å². The van der Waals surface area contributed by atoms with Crippen LogP contribution in [0.1, 0.15) is 46.0 Å². The van der Waals surface area contributed by atoms with Gasteiger partial charge in [-0.25, -0.2) is 0 Å². The molecule has 0 aromatic heterocycles. The Balaban J connectivity index is 3.85. The van der Waals surface area contributed by atoms with Gasteiger partial charge in [-0.2, -0.15) is 0 Å². The maximum absolute atomic E-state index is 11.6. The fourth-order valence-corrected chi connectivity index (χ4v) is 1.75. The third-order valence-electron chi connectivity index (χ3n) is 3.38. The van der Waals surface area contributed by atoms with Crippen LogP contribution in [0.4, 0.5) is 0 Å². The topological polar surface area (TPSA) is 153 Å². The predicted molar refractivity (Wildman–Crippen MR) is 86.4 cm³/mol. The van der Waals surface area contributed by atoms with Crippen molar-refractivity contribution in [2.75, 3.05) is 13.2 Å². The lowest BCUT2D eigenvalue weighted by molar-refractivity contribution is -0.152. The summed E-state index contributed by atoms with van der Waals surface area (Å²) >= 11 is 0. The number of nitrogens with two attached hydrogens (primary N) is 1. The van der Waals surface area contributed by atoms with Gasteiger partial charge in [0.05, 0.1) is 19.6 Å². The Hall–Kier alpha value is -1.84. The second-order valence-corrected chi connectivity index (χ2v) is 5.74. The highest BCUT2D eigenvalue weighted by atomic mass is 16.5. The highest BCUT2D eigenvalue weighted by Crippen LogP contribution is 2.03. The molecule has 0 saturated heterocycles. The maximum atomic E-state index is 11.6. The molecule has 3 atom stereocenters. The van der Waals surface area contributed by atoms with Crippen LogP contribution in [0.3, 0.4) is 0 Å². The lowest BCUT2D eigenvalue weighted by Gasteiger charge is -2.12. The van der Waals surface area contributed by atoms with Gasteiger partial charge >= 0.3 is 11.9 Å². The molecule has 0 saturated carbocycles. The van der Waals surface area contributed by atoms with Gasteiger partial charge < -0.3 is 25.4 Å². The van der Waals surface area contributed by atoms with Crippen LogP contribution in [0.25, 0.3) is 0 Å². The van der Waals surface area contributed by atoms with Crippen LogP contribution < -0.4 is 5.73 Å². The average molecular weight is 361 g/mol. The van der Waals surface area contributed by atoms with Crippen LogP contribution in [0, 0.1) is 0 Å². The van der Waals surface area contributed by atoms with Crippen LogP contribution >= 0.6 is 0 Å². The van der Waals surface area contributed by atoms with Gasteiger partial charge in [0.25, 0.3) is 0 Å². The van der Waals surface area contributed by atoms with Crippen LogP contribution in [-0.4, -0.2) is 65.2 Å². The Kier molecular flexibility index (Phi) is 11.6. The number of Topliss-reactive ketones (excluding diaryl/α,β-unsaturated/α-hetero) is 2. The molecular weight excluding hydrogens is 334 g/mol. The van der Waals surface area contributed by atoms with E-state index in [9.17, 15) is 29.4 Å². The minimum atomic E-state index is -1.17. The number of esters is 2. The van der Waals surface area contributed by atoms with Crippen LogP contribution in [0.2, 0.25) is 0 Å². The van der Waals surface area contributed by atoms with E-state index in [1.165, 1.54) is 13.8 Å². The fourth-order valence-electron chi connectivity index (χ4n) is 1.75. The summed E-state index contributed by atoms with van der Waals surface area (Å²) in [7, 11) is 0. The monoisotopic (exact) mass is 361 g/mol. The lowest BCUT2D eigenvalue weighted by Crippen LogP contribution is -2.35. The first kappa shape index (κ1) is 23.2. The van der Waals surface area contributed by atoms with Gasteiger partial charge in [-0.3, -0.25) is 19.2 Å². The quantitative estimate of drug-likeness (QED) is 0.284. The van der Waals surface area contributed by atoms with E-state index in [2.05, 4.69) is 0 Å². The minimum absolute atomic E-state index is 0.00781. The van der Waals surface area contributed by atoms with Crippen molar-refractivity contribution in [1.82, 2.24) is 0 Å². The second kappa shape index (κ2) is 12.5. The van der Waals surface area contributed by atoms with Gasteiger partial charge in [-0.05, 0) is 39.5 Å². The summed E-state index contributed by atoms with van der Waals surface area (Å²) in [5.74, 6) is -2.18. The molecule has 0 amide bonds. The van der Waals surface area contributed by atoms with Crippen molar-refractivity contribution in [2.45, 2.75) is 64.2 Å². The van der Waals surface area contributed by atoms with E-state index < -0.39 is 30.2 Å². The number of carbonyl (C=O) groups excluding carboxylic acids is 4. The number of hydrogen-bond acceptors (Lipinski definition) is 9. The molecule has 0 aliphatic carbocycles. The smallest absolute Gasteiger partial charge is 0.323 e. The molecule has 0 aliphatic heterocycles. The molecule has 0 heterocycles. The number of aliphatic hydroxyl groups excluding tert-OH is 2. The number of ketones is 2. The number of ether oxygens (including phenoxy) is 2. The molecule has 144 valence electrons. The van der Waals surface area contributed by atoms with Crippen molar-refractivity contribution in [2.24, 2.45) is 5.73 Å². The molecule has 9 heteroatoms. The van der Waals surface area contributed by atoms with E-state index in [0.29, 0.717) is 12.8 Å². The first-order chi connectivity index (χ1) is 11.6. The van der Waals surface area contributed by atoms with E-state index in [1.807, 2.05) is 0 Å². The van der Waals surface area contributed by atoms with Crippen molar-refractivity contribution < 1.29 is 38.9 Å². The summed E-state index contributed by atoms with van der Waals surface area (Å²) < 4.78 is 9.71. The van der Waals surface area contributed by atoms with E-state index in [4.69, 9.17) is 15.2 Å². The second-order valence-electron chi connectivity index (χ2n) is 5.74. The molecule has 0 radical (unpaired) electrons. The number of rotatable bonds is 13. The van der Waals surface area contributed by atoms with Gasteiger partial charge in [0.15, 0.2) is 11.6 Å². The molecule has 4 N–H and O–H groups in total. The number of hydrogen-bond donors (Lipinski definition) is 3. The average Bonchev–Trinajstić information content (AvgIpc) is 2.54. The molecule has 0 rings (SSSR count). The van der Waals surface area contributed by atoms with Gasteiger partial charge in [0.1, 0.15) is 18.2 Å². The van der Waals surface area contributed by atoms with Gasteiger partial charge in [0, 0.05) is 0 Å². The third-order valence-corrected chi connectivity index (χ3v) is 3.38. The Morgan fingerprint density at radius 2 is 1.32 bits per heavy atom. The van der Waals surface area contributed by atoms with E-state index >= 15 is 0 Å². The molecule has 0 fully saturated rings. The molecule has 25 heavy (non-hydrogen) atoms. The SMILES string of the molecule is CC(=O)C(O)CCCOC(=O)C[C@H](N)C(=O)OCCCC(O)C(C)=O. The summed E-state index contributed by atoms with van der Waals surface area (Å²) in [6.45, 7) is 2.52. The Bertz CT molecular complexity index is 465. The largest absolute Gasteiger partial charge is 0.466 e. The number of aliphatic hydroxyl groups is 2. The van der Waals surface area contributed by atoms with Crippen molar-refractivity contribution in [1.29, 1.82) is 0 Å². The zero-order chi connectivity index (χ0) is 19.4. The zero-order valence-electron chi connectivity index (χ0n) is 14.6. The highest BCUT2D eigenvalue weighted by molar-refractivity contribution is 5.82. The summed E-state index contributed by atoms with van der Waals surface area (Å²) in [6.07, 6.45) is -1.55. The standard InChI is InChI=1S/C16H27NO8/c1-10(18)13(20)5-3-7-24-15(22)9-12(17)16(23)25-8-4-6-14(21)11(2)19/h12-14,20-21H,3-9,17H2,1-2H3/t12-,13?,14?/m0/s1. The first-order valence-corrected chi connectivity index (χ1v) is 8.10. The fraction of sp³-hybridized carbons (Fsp3) is 0.750. The normalized spacial score (nSPS) is 14.3. The molecular formula is C16H27NO8. The summed E-state index contributed by atoms with van der Waals surface area (Å²) in [5, 5.41) is 18.5. The Morgan fingerprint density at radius 1 is 0.880 bits per heavy atom. The van der Waals surface area contributed by atoms with E-state index in [0.717, 1.165) is 0 Å². The van der Waals surface area contributed by atoms with E-state index in [-0.39, 0.29) is 44.0 Å². The van der Waals surface area contributed by atoms with Gasteiger partial charge in [-0.15, -0.1) is 0 Å². The molecule has 0 aromatic carbocycles. The summed E-state index contributed by atoms with van der Waals surface area (Å²) in [5.41, 5.74) is 5.54. The molecule has 0 aromatic rings. The molecule has 2 unspecified atom stereocenters. The van der Waals surface area contributed by atoms with Crippen molar-refractivity contribution in [3.05, 3.63) is 0 Å². The van der Waals surface area contributed by atoms with Crippen LogP contribution in [0.15, 0.2) is 0 Å². The minimum Gasteiger partial charge on any atom is -0.466 e. The maximum Gasteiger partial charge on any atom is 0.323 e. The summed E-state index contributed by atoms with van der Waals surface area (Å²) in [4.78, 5) is 44.8. The van der Waals surface area contributed by atoms with E-state index in [1.54, 1.807) is 0 Å².